The highest BCUT2D eigenvalue weighted by Gasteiger charge is 2.31. The van der Waals surface area contributed by atoms with Crippen LogP contribution in [0, 0.1) is 0 Å². The van der Waals surface area contributed by atoms with Gasteiger partial charge in [-0.15, -0.1) is 0 Å². The molecule has 0 saturated carbocycles. The van der Waals surface area contributed by atoms with Gasteiger partial charge in [-0.2, -0.15) is 13.2 Å². The summed E-state index contributed by atoms with van der Waals surface area (Å²) in [4.78, 5) is 2.16. The fourth-order valence-electron chi connectivity index (χ4n) is 2.36. The Morgan fingerprint density at radius 2 is 1.89 bits per heavy atom. The minimum atomic E-state index is -4.30. The number of rotatable bonds is 4. The number of hydrogen-bond acceptors (Lipinski definition) is 2. The smallest absolute Gasteiger partial charge is 0.416 e. The molecule has 0 aromatic heterocycles. The lowest BCUT2D eigenvalue weighted by molar-refractivity contribution is -0.137. The molecule has 19 heavy (non-hydrogen) atoms. The second kappa shape index (κ2) is 5.82. The molecule has 1 aliphatic rings. The van der Waals surface area contributed by atoms with Gasteiger partial charge in [0.2, 0.25) is 0 Å². The number of hydrogen-bond donors (Lipinski definition) is 0. The zero-order valence-electron chi connectivity index (χ0n) is 11.0. The molecule has 1 heterocycles. The highest BCUT2D eigenvalue weighted by atomic mass is 19.4. The third-order valence-corrected chi connectivity index (χ3v) is 3.28. The predicted molar refractivity (Wildman–Crippen MR) is 67.1 cm³/mol. The van der Waals surface area contributed by atoms with Crippen LogP contribution in [0.4, 0.5) is 13.2 Å². The number of nitrogens with zero attached hydrogens (tertiary/aromatic N) is 1. The van der Waals surface area contributed by atoms with Crippen LogP contribution < -0.4 is 4.74 Å². The number of alkyl halides is 3. The Balaban J connectivity index is 2.24. The molecule has 1 aromatic carbocycles. The van der Waals surface area contributed by atoms with E-state index in [1.807, 2.05) is 6.92 Å². The molecule has 0 bridgehead atoms. The van der Waals surface area contributed by atoms with Crippen molar-refractivity contribution in [1.29, 1.82) is 0 Å². The van der Waals surface area contributed by atoms with Crippen molar-refractivity contribution in [2.75, 3.05) is 19.7 Å². The van der Waals surface area contributed by atoms with Crippen LogP contribution in [0.15, 0.2) is 18.2 Å². The van der Waals surface area contributed by atoms with Gasteiger partial charge in [-0.25, -0.2) is 0 Å². The summed E-state index contributed by atoms with van der Waals surface area (Å²) in [6, 6.07) is 3.72. The number of ether oxygens (including phenoxy) is 1. The van der Waals surface area contributed by atoms with E-state index in [2.05, 4.69) is 4.90 Å². The minimum Gasteiger partial charge on any atom is -0.494 e. The van der Waals surface area contributed by atoms with Crippen molar-refractivity contribution in [3.63, 3.8) is 0 Å². The van der Waals surface area contributed by atoms with E-state index in [9.17, 15) is 13.2 Å². The second-order valence-corrected chi connectivity index (χ2v) is 4.74. The van der Waals surface area contributed by atoms with E-state index in [4.69, 9.17) is 4.74 Å². The topological polar surface area (TPSA) is 12.5 Å². The van der Waals surface area contributed by atoms with Gasteiger partial charge in [-0.1, -0.05) is 0 Å². The Labute approximate surface area is 111 Å². The second-order valence-electron chi connectivity index (χ2n) is 4.74. The molecule has 0 N–H and O–H groups in total. The van der Waals surface area contributed by atoms with Crippen LogP contribution >= 0.6 is 0 Å². The van der Waals surface area contributed by atoms with E-state index in [0.29, 0.717) is 24.5 Å². The molecular formula is C14H18F3NO. The lowest BCUT2D eigenvalue weighted by Gasteiger charge is -2.19. The Morgan fingerprint density at radius 1 is 1.21 bits per heavy atom. The SMILES string of the molecule is CCOc1ccc(C(F)(F)F)cc1CN1CCCC1. The average molecular weight is 273 g/mol. The fourth-order valence-corrected chi connectivity index (χ4v) is 2.36. The highest BCUT2D eigenvalue weighted by molar-refractivity contribution is 5.38. The fraction of sp³-hybridized carbons (Fsp3) is 0.571. The zero-order chi connectivity index (χ0) is 13.9. The van der Waals surface area contributed by atoms with Gasteiger partial charge in [0, 0.05) is 12.1 Å². The Morgan fingerprint density at radius 3 is 2.47 bits per heavy atom. The maximum absolute atomic E-state index is 12.7. The Kier molecular flexibility index (Phi) is 4.34. The molecule has 1 saturated heterocycles. The van der Waals surface area contributed by atoms with Crippen LogP contribution in [-0.4, -0.2) is 24.6 Å². The van der Waals surface area contributed by atoms with E-state index in [1.165, 1.54) is 12.1 Å². The maximum Gasteiger partial charge on any atom is 0.416 e. The molecule has 0 aliphatic carbocycles. The largest absolute Gasteiger partial charge is 0.494 e. The first-order valence-electron chi connectivity index (χ1n) is 6.56. The summed E-state index contributed by atoms with van der Waals surface area (Å²) in [5.74, 6) is 0.558. The van der Waals surface area contributed by atoms with E-state index >= 15 is 0 Å². The first-order valence-corrected chi connectivity index (χ1v) is 6.56. The predicted octanol–water partition coefficient (Wildman–Crippen LogP) is 3.70. The summed E-state index contributed by atoms with van der Waals surface area (Å²) < 4.78 is 43.7. The minimum absolute atomic E-state index is 0.457. The van der Waals surface area contributed by atoms with Crippen LogP contribution in [0.2, 0.25) is 0 Å². The third-order valence-electron chi connectivity index (χ3n) is 3.28. The molecular weight excluding hydrogens is 255 g/mol. The number of benzene rings is 1. The summed E-state index contributed by atoms with van der Waals surface area (Å²) in [6.45, 7) is 4.71. The van der Waals surface area contributed by atoms with Gasteiger partial charge in [0.15, 0.2) is 0 Å². The molecule has 2 rings (SSSR count). The number of halogens is 3. The number of likely N-dealkylation sites (tertiary alicyclic amines) is 1. The van der Waals surface area contributed by atoms with Crippen molar-refractivity contribution < 1.29 is 17.9 Å². The molecule has 0 atom stereocenters. The molecule has 0 spiro atoms. The summed E-state index contributed by atoms with van der Waals surface area (Å²) >= 11 is 0. The van der Waals surface area contributed by atoms with Crippen molar-refractivity contribution >= 4 is 0 Å². The van der Waals surface area contributed by atoms with Crippen molar-refractivity contribution in [3.8, 4) is 5.75 Å². The summed E-state index contributed by atoms with van der Waals surface area (Å²) in [5, 5.41) is 0. The maximum atomic E-state index is 12.7. The van der Waals surface area contributed by atoms with Gasteiger partial charge in [0.25, 0.3) is 0 Å². The van der Waals surface area contributed by atoms with Crippen LogP contribution in [0.1, 0.15) is 30.9 Å². The molecule has 0 radical (unpaired) electrons. The van der Waals surface area contributed by atoms with Gasteiger partial charge < -0.3 is 4.74 Å². The van der Waals surface area contributed by atoms with Gasteiger partial charge in [0.05, 0.1) is 12.2 Å². The standard InChI is InChI=1S/C14H18F3NO/c1-2-19-13-6-5-12(14(15,16)17)9-11(13)10-18-7-3-4-8-18/h5-6,9H,2-4,7-8,10H2,1H3. The van der Waals surface area contributed by atoms with E-state index in [1.54, 1.807) is 0 Å². The van der Waals surface area contributed by atoms with Crippen molar-refractivity contribution in [2.24, 2.45) is 0 Å². The molecule has 0 unspecified atom stereocenters. The van der Waals surface area contributed by atoms with Gasteiger partial charge in [-0.05, 0) is 51.1 Å². The zero-order valence-corrected chi connectivity index (χ0v) is 11.0. The molecule has 1 aliphatic heterocycles. The van der Waals surface area contributed by atoms with Gasteiger partial charge in [0.1, 0.15) is 5.75 Å². The van der Waals surface area contributed by atoms with Crippen LogP contribution in [-0.2, 0) is 12.7 Å². The van der Waals surface area contributed by atoms with Crippen molar-refractivity contribution in [3.05, 3.63) is 29.3 Å². The van der Waals surface area contributed by atoms with Crippen molar-refractivity contribution in [2.45, 2.75) is 32.5 Å². The van der Waals surface area contributed by atoms with E-state index in [-0.39, 0.29) is 0 Å². The first-order chi connectivity index (χ1) is 9.00. The summed E-state index contributed by atoms with van der Waals surface area (Å²) in [5.41, 5.74) is 0.0173. The quantitative estimate of drug-likeness (QED) is 0.829. The molecule has 106 valence electrons. The van der Waals surface area contributed by atoms with Gasteiger partial charge >= 0.3 is 6.18 Å². The average Bonchev–Trinajstić information content (AvgIpc) is 2.83. The van der Waals surface area contributed by atoms with Crippen LogP contribution in [0.5, 0.6) is 5.75 Å². The molecule has 0 amide bonds. The van der Waals surface area contributed by atoms with Crippen molar-refractivity contribution in [1.82, 2.24) is 4.90 Å². The van der Waals surface area contributed by atoms with Crippen LogP contribution in [0.3, 0.4) is 0 Å². The molecule has 1 fully saturated rings. The van der Waals surface area contributed by atoms with Gasteiger partial charge in [-0.3, -0.25) is 4.90 Å². The molecule has 2 nitrogen and oxygen atoms in total. The van der Waals surface area contributed by atoms with E-state index in [0.717, 1.165) is 32.0 Å². The lowest BCUT2D eigenvalue weighted by Crippen LogP contribution is -2.19. The third kappa shape index (κ3) is 3.62. The Bertz CT molecular complexity index is 425. The van der Waals surface area contributed by atoms with E-state index < -0.39 is 11.7 Å². The normalized spacial score (nSPS) is 16.8. The summed E-state index contributed by atoms with van der Waals surface area (Å²) in [6.07, 6.45) is -2.07. The monoisotopic (exact) mass is 273 g/mol. The summed E-state index contributed by atoms with van der Waals surface area (Å²) in [7, 11) is 0. The highest BCUT2D eigenvalue weighted by Crippen LogP contribution is 2.33. The molecule has 1 aromatic rings. The lowest BCUT2D eigenvalue weighted by atomic mass is 10.1. The van der Waals surface area contributed by atoms with Crippen LogP contribution in [0.25, 0.3) is 0 Å². The first kappa shape index (κ1) is 14.2. The Hall–Kier alpha value is -1.23. The molecule has 5 heteroatoms.